The van der Waals surface area contributed by atoms with Crippen LogP contribution in [0.3, 0.4) is 0 Å². The first kappa shape index (κ1) is 19.4. The minimum atomic E-state index is -0.511. The summed E-state index contributed by atoms with van der Waals surface area (Å²) in [6, 6.07) is -0.443. The molecule has 4 fully saturated rings. The van der Waals surface area contributed by atoms with Gasteiger partial charge in [0.05, 0.1) is 24.3 Å². The summed E-state index contributed by atoms with van der Waals surface area (Å²) in [6.45, 7) is 4.40. The SMILES string of the molecule is CC[C@@H]1C2OC(=O)CC2C(=O)CC([C@H]2C[C@H](C)C(=O)O2)N2CCCC[C@H]1C2=O. The Bertz CT molecular complexity index is 690. The number of carbonyl (C=O) groups is 4. The Morgan fingerprint density at radius 3 is 2.50 bits per heavy atom. The van der Waals surface area contributed by atoms with Crippen molar-refractivity contribution in [2.24, 2.45) is 23.7 Å². The van der Waals surface area contributed by atoms with Gasteiger partial charge in [-0.05, 0) is 25.7 Å². The molecule has 2 bridgehead atoms. The van der Waals surface area contributed by atoms with E-state index in [2.05, 4.69) is 0 Å². The van der Waals surface area contributed by atoms with Crippen molar-refractivity contribution in [2.75, 3.05) is 6.54 Å². The van der Waals surface area contributed by atoms with Crippen molar-refractivity contribution in [3.05, 3.63) is 0 Å². The predicted molar refractivity (Wildman–Crippen MR) is 97.9 cm³/mol. The molecular weight excluding hydrogens is 362 g/mol. The fraction of sp³-hybridized carbons (Fsp3) is 0.810. The first-order valence-corrected chi connectivity index (χ1v) is 10.6. The third-order valence-corrected chi connectivity index (χ3v) is 7.13. The molecule has 7 nitrogen and oxygen atoms in total. The second-order valence-corrected chi connectivity index (χ2v) is 8.82. The zero-order valence-corrected chi connectivity index (χ0v) is 16.6. The Morgan fingerprint density at radius 2 is 1.82 bits per heavy atom. The van der Waals surface area contributed by atoms with Crippen LogP contribution in [0.2, 0.25) is 0 Å². The molecule has 4 rings (SSSR count). The number of Topliss-reactive ketones (excluding diaryl/α,β-unsaturated/α-hetero) is 1. The van der Waals surface area contributed by atoms with Crippen LogP contribution in [0.5, 0.6) is 0 Å². The lowest BCUT2D eigenvalue weighted by Crippen LogP contribution is -2.50. The van der Waals surface area contributed by atoms with Gasteiger partial charge in [0.1, 0.15) is 18.0 Å². The maximum absolute atomic E-state index is 13.6. The van der Waals surface area contributed by atoms with E-state index in [9.17, 15) is 19.2 Å². The van der Waals surface area contributed by atoms with Gasteiger partial charge in [0.2, 0.25) is 5.91 Å². The molecular formula is C21H29NO6. The van der Waals surface area contributed by atoms with Crippen LogP contribution in [0.4, 0.5) is 0 Å². The van der Waals surface area contributed by atoms with Crippen LogP contribution < -0.4 is 0 Å². The molecule has 0 saturated carbocycles. The predicted octanol–water partition coefficient (Wildman–Crippen LogP) is 1.87. The van der Waals surface area contributed by atoms with Crippen molar-refractivity contribution < 1.29 is 28.7 Å². The molecule has 4 heterocycles. The van der Waals surface area contributed by atoms with Crippen LogP contribution in [0.15, 0.2) is 0 Å². The number of ketones is 1. The first-order valence-electron chi connectivity index (χ1n) is 10.6. The quantitative estimate of drug-likeness (QED) is 0.668. The van der Waals surface area contributed by atoms with Crippen LogP contribution in [-0.2, 0) is 28.7 Å². The Labute approximate surface area is 165 Å². The van der Waals surface area contributed by atoms with Gasteiger partial charge < -0.3 is 14.4 Å². The summed E-state index contributed by atoms with van der Waals surface area (Å²) in [4.78, 5) is 52.6. The van der Waals surface area contributed by atoms with E-state index in [-0.39, 0.29) is 54.2 Å². The molecule has 7 heteroatoms. The summed E-state index contributed by atoms with van der Waals surface area (Å²) in [6.07, 6.45) is 3.00. The Morgan fingerprint density at radius 1 is 1.04 bits per heavy atom. The second kappa shape index (κ2) is 7.48. The number of rotatable bonds is 2. The molecule has 0 aromatic carbocycles. The van der Waals surface area contributed by atoms with E-state index in [1.54, 1.807) is 0 Å². The molecule has 154 valence electrons. The summed E-state index contributed by atoms with van der Waals surface area (Å²) >= 11 is 0. The number of hydrogen-bond acceptors (Lipinski definition) is 6. The lowest BCUT2D eigenvalue weighted by Gasteiger charge is -2.36. The molecule has 0 radical (unpaired) electrons. The molecule has 7 atom stereocenters. The third kappa shape index (κ3) is 3.22. The molecule has 28 heavy (non-hydrogen) atoms. The lowest BCUT2D eigenvalue weighted by molar-refractivity contribution is -0.153. The number of nitrogens with zero attached hydrogens (tertiary/aromatic N) is 1. The zero-order valence-electron chi connectivity index (χ0n) is 16.6. The molecule has 3 unspecified atom stereocenters. The standard InChI is InChI=1S/C21H29NO6/c1-3-12-13-6-4-5-7-22(20(13)25)15(17-8-11(2)21(26)27-17)10-16(23)14-9-18(24)28-19(12)14/h11-15,17,19H,3-10H2,1-2H3/t11-,12-,13+,14?,15?,17+,19?/m0/s1. The van der Waals surface area contributed by atoms with Gasteiger partial charge in [-0.25, -0.2) is 0 Å². The Hall–Kier alpha value is -1.92. The van der Waals surface area contributed by atoms with Crippen LogP contribution >= 0.6 is 0 Å². The number of carbonyl (C=O) groups excluding carboxylic acids is 4. The zero-order chi connectivity index (χ0) is 20.0. The summed E-state index contributed by atoms with van der Waals surface area (Å²) in [5.41, 5.74) is 0. The van der Waals surface area contributed by atoms with Crippen molar-refractivity contribution in [2.45, 2.75) is 77.0 Å². The number of esters is 2. The topological polar surface area (TPSA) is 90.0 Å². The van der Waals surface area contributed by atoms with E-state index in [0.717, 1.165) is 19.3 Å². The highest BCUT2D eigenvalue weighted by atomic mass is 16.6. The van der Waals surface area contributed by atoms with E-state index in [4.69, 9.17) is 9.47 Å². The van der Waals surface area contributed by atoms with Crippen molar-refractivity contribution in [3.8, 4) is 0 Å². The molecule has 0 spiro atoms. The van der Waals surface area contributed by atoms with Gasteiger partial charge in [-0.15, -0.1) is 0 Å². The van der Waals surface area contributed by atoms with E-state index in [0.29, 0.717) is 19.4 Å². The number of amides is 1. The molecule has 0 aliphatic carbocycles. The molecule has 4 aliphatic heterocycles. The number of cyclic esters (lactones) is 1. The van der Waals surface area contributed by atoms with Crippen molar-refractivity contribution in [1.29, 1.82) is 0 Å². The second-order valence-electron chi connectivity index (χ2n) is 8.82. The van der Waals surface area contributed by atoms with Gasteiger partial charge >= 0.3 is 11.9 Å². The van der Waals surface area contributed by atoms with E-state index >= 15 is 0 Å². The molecule has 4 saturated heterocycles. The van der Waals surface area contributed by atoms with Crippen molar-refractivity contribution in [1.82, 2.24) is 4.90 Å². The minimum absolute atomic E-state index is 0.0290. The monoisotopic (exact) mass is 391 g/mol. The van der Waals surface area contributed by atoms with Gasteiger partial charge in [0.25, 0.3) is 0 Å². The minimum Gasteiger partial charge on any atom is -0.461 e. The fourth-order valence-corrected chi connectivity index (χ4v) is 5.62. The van der Waals surface area contributed by atoms with Crippen LogP contribution in [-0.4, -0.2) is 53.3 Å². The Balaban J connectivity index is 1.73. The normalized spacial score (nSPS) is 41.5. The molecule has 0 aromatic rings. The summed E-state index contributed by atoms with van der Waals surface area (Å²) in [7, 11) is 0. The smallest absolute Gasteiger partial charge is 0.309 e. The van der Waals surface area contributed by atoms with Gasteiger partial charge in [0, 0.05) is 24.8 Å². The van der Waals surface area contributed by atoms with Crippen LogP contribution in [0.1, 0.15) is 58.8 Å². The highest BCUT2D eigenvalue weighted by Crippen LogP contribution is 2.42. The maximum atomic E-state index is 13.6. The van der Waals surface area contributed by atoms with E-state index in [1.165, 1.54) is 0 Å². The molecule has 4 aliphatic rings. The molecule has 1 amide bonds. The maximum Gasteiger partial charge on any atom is 0.309 e. The lowest BCUT2D eigenvalue weighted by atomic mass is 9.76. The number of hydrogen-bond donors (Lipinski definition) is 0. The average molecular weight is 391 g/mol. The van der Waals surface area contributed by atoms with Gasteiger partial charge in [-0.2, -0.15) is 0 Å². The van der Waals surface area contributed by atoms with Gasteiger partial charge in [-0.1, -0.05) is 20.3 Å². The first-order chi connectivity index (χ1) is 13.4. The van der Waals surface area contributed by atoms with Crippen LogP contribution in [0, 0.1) is 23.7 Å². The number of ether oxygens (including phenoxy) is 2. The summed E-state index contributed by atoms with van der Waals surface area (Å²) in [5, 5.41) is 0. The van der Waals surface area contributed by atoms with Gasteiger partial charge in [-0.3, -0.25) is 19.2 Å². The van der Waals surface area contributed by atoms with Gasteiger partial charge in [0.15, 0.2) is 0 Å². The molecule has 0 aromatic heterocycles. The fourth-order valence-electron chi connectivity index (χ4n) is 5.62. The van der Waals surface area contributed by atoms with Crippen molar-refractivity contribution in [3.63, 3.8) is 0 Å². The number of fused-ring (bicyclic) bond motifs is 3. The van der Waals surface area contributed by atoms with Crippen LogP contribution in [0.25, 0.3) is 0 Å². The highest BCUT2D eigenvalue weighted by Gasteiger charge is 2.52. The largest absolute Gasteiger partial charge is 0.461 e. The van der Waals surface area contributed by atoms with Crippen molar-refractivity contribution >= 4 is 23.6 Å². The summed E-state index contributed by atoms with van der Waals surface area (Å²) < 4.78 is 11.2. The van der Waals surface area contributed by atoms with E-state index in [1.807, 2.05) is 18.7 Å². The Kier molecular flexibility index (Phi) is 5.19. The van der Waals surface area contributed by atoms with E-state index < -0.39 is 24.2 Å². The average Bonchev–Trinajstić information content (AvgIpc) is 3.14. The highest BCUT2D eigenvalue weighted by molar-refractivity contribution is 5.90. The molecule has 0 N–H and O–H groups in total. The summed E-state index contributed by atoms with van der Waals surface area (Å²) in [5.74, 6) is -1.75. The third-order valence-electron chi connectivity index (χ3n) is 7.13.